The van der Waals surface area contributed by atoms with Crippen molar-refractivity contribution in [1.82, 2.24) is 19.6 Å². The summed E-state index contributed by atoms with van der Waals surface area (Å²) in [6.45, 7) is 4.43. The molecule has 0 aromatic carbocycles. The van der Waals surface area contributed by atoms with Gasteiger partial charge in [-0.25, -0.2) is 0 Å². The number of aromatic nitrogens is 4. The molecule has 2 aromatic rings. The average Bonchev–Trinajstić information content (AvgIpc) is 2.65. The van der Waals surface area contributed by atoms with Crippen LogP contribution in [-0.2, 0) is 0 Å². The van der Waals surface area contributed by atoms with E-state index in [9.17, 15) is 0 Å². The van der Waals surface area contributed by atoms with Gasteiger partial charge in [-0.15, -0.1) is 6.58 Å². The lowest BCUT2D eigenvalue weighted by molar-refractivity contribution is 0.920. The van der Waals surface area contributed by atoms with Crippen LogP contribution in [0.5, 0.6) is 0 Å². The van der Waals surface area contributed by atoms with E-state index in [0.717, 1.165) is 18.8 Å². The van der Waals surface area contributed by atoms with Crippen molar-refractivity contribution in [3.8, 4) is 0 Å². The van der Waals surface area contributed by atoms with Crippen LogP contribution >= 0.6 is 11.6 Å². The molecule has 5 nitrogen and oxygen atoms in total. The summed E-state index contributed by atoms with van der Waals surface area (Å²) in [6, 6.07) is 1.71. The van der Waals surface area contributed by atoms with Crippen LogP contribution in [-0.4, -0.2) is 26.1 Å². The van der Waals surface area contributed by atoms with E-state index in [1.165, 1.54) is 6.33 Å². The van der Waals surface area contributed by atoms with Crippen LogP contribution in [0.2, 0.25) is 5.15 Å². The fourth-order valence-corrected chi connectivity index (χ4v) is 1.39. The van der Waals surface area contributed by atoms with Gasteiger partial charge in [-0.2, -0.15) is 19.6 Å². The Morgan fingerprint density at radius 3 is 3.27 bits per heavy atom. The van der Waals surface area contributed by atoms with Gasteiger partial charge in [-0.1, -0.05) is 17.7 Å². The fourth-order valence-electron chi connectivity index (χ4n) is 1.21. The van der Waals surface area contributed by atoms with E-state index in [0.29, 0.717) is 10.9 Å². The van der Waals surface area contributed by atoms with E-state index >= 15 is 0 Å². The number of nitrogens with one attached hydrogen (secondary N) is 1. The number of rotatable bonds is 4. The Morgan fingerprint density at radius 2 is 2.47 bits per heavy atom. The predicted octanol–water partition coefficient (Wildman–Crippen LogP) is 1.77. The molecule has 0 unspecified atom stereocenters. The molecule has 0 saturated heterocycles. The highest BCUT2D eigenvalue weighted by Gasteiger charge is 2.04. The molecule has 0 fully saturated rings. The van der Waals surface area contributed by atoms with Crippen LogP contribution in [0.15, 0.2) is 25.0 Å². The van der Waals surface area contributed by atoms with Gasteiger partial charge in [0.05, 0.1) is 0 Å². The lowest BCUT2D eigenvalue weighted by Crippen LogP contribution is -2.06. The molecule has 15 heavy (non-hydrogen) atoms. The van der Waals surface area contributed by atoms with Gasteiger partial charge >= 0.3 is 0 Å². The molecular weight excluding hydrogens is 214 g/mol. The van der Waals surface area contributed by atoms with Crippen LogP contribution in [0.25, 0.3) is 5.78 Å². The molecule has 0 aliphatic rings. The van der Waals surface area contributed by atoms with Gasteiger partial charge in [0.1, 0.15) is 17.3 Å². The molecule has 0 aliphatic heterocycles. The normalized spacial score (nSPS) is 10.5. The summed E-state index contributed by atoms with van der Waals surface area (Å²) < 4.78 is 1.61. The maximum absolute atomic E-state index is 5.84. The molecule has 2 rings (SSSR count). The van der Waals surface area contributed by atoms with Crippen LogP contribution in [0, 0.1) is 0 Å². The molecule has 0 aliphatic carbocycles. The first-order valence-corrected chi connectivity index (χ1v) is 4.90. The second-order valence-electron chi connectivity index (χ2n) is 2.94. The molecule has 6 heteroatoms. The van der Waals surface area contributed by atoms with Crippen molar-refractivity contribution in [3.05, 3.63) is 30.2 Å². The molecule has 1 N–H and O–H groups in total. The lowest BCUT2D eigenvalue weighted by Gasteiger charge is -2.06. The SMILES string of the molecule is C=CCCNc1cc(Cl)nc2ncnn12. The summed E-state index contributed by atoms with van der Waals surface area (Å²) in [5.74, 6) is 1.27. The number of hydrogen-bond donors (Lipinski definition) is 1. The maximum atomic E-state index is 5.84. The van der Waals surface area contributed by atoms with E-state index in [-0.39, 0.29) is 0 Å². The molecular formula is C9H10ClN5. The molecule has 0 bridgehead atoms. The summed E-state index contributed by atoms with van der Waals surface area (Å²) in [7, 11) is 0. The standard InChI is InChI=1S/C9H10ClN5/c1-2-3-4-11-8-5-7(10)14-9-12-6-13-15(8)9/h2,5-6,11H,1,3-4H2. The number of nitrogens with zero attached hydrogens (tertiary/aromatic N) is 4. The summed E-state index contributed by atoms with van der Waals surface area (Å²) in [6.07, 6.45) is 4.15. The monoisotopic (exact) mass is 223 g/mol. The Balaban J connectivity index is 2.31. The zero-order chi connectivity index (χ0) is 10.7. The summed E-state index contributed by atoms with van der Waals surface area (Å²) >= 11 is 5.84. The van der Waals surface area contributed by atoms with Crippen molar-refractivity contribution in [2.45, 2.75) is 6.42 Å². The summed E-state index contributed by atoms with van der Waals surface area (Å²) in [5.41, 5.74) is 0. The van der Waals surface area contributed by atoms with Crippen LogP contribution in [0.1, 0.15) is 6.42 Å². The highest BCUT2D eigenvalue weighted by molar-refractivity contribution is 6.29. The lowest BCUT2D eigenvalue weighted by atomic mass is 10.4. The fraction of sp³-hybridized carbons (Fsp3) is 0.222. The van der Waals surface area contributed by atoms with E-state index in [4.69, 9.17) is 11.6 Å². The minimum atomic E-state index is 0.400. The molecule has 0 spiro atoms. The van der Waals surface area contributed by atoms with Gasteiger partial charge in [-0.05, 0) is 6.42 Å². The number of fused-ring (bicyclic) bond motifs is 1. The van der Waals surface area contributed by atoms with Crippen molar-refractivity contribution in [1.29, 1.82) is 0 Å². The molecule has 0 radical (unpaired) electrons. The molecule has 0 atom stereocenters. The first-order valence-electron chi connectivity index (χ1n) is 4.52. The Bertz CT molecular complexity index is 478. The van der Waals surface area contributed by atoms with Gasteiger partial charge in [0, 0.05) is 12.6 Å². The highest BCUT2D eigenvalue weighted by atomic mass is 35.5. The van der Waals surface area contributed by atoms with Gasteiger partial charge in [0.15, 0.2) is 0 Å². The van der Waals surface area contributed by atoms with Crippen molar-refractivity contribution >= 4 is 23.2 Å². The highest BCUT2D eigenvalue weighted by Crippen LogP contribution is 2.14. The largest absolute Gasteiger partial charge is 0.370 e. The molecule has 2 heterocycles. The van der Waals surface area contributed by atoms with E-state index < -0.39 is 0 Å². The van der Waals surface area contributed by atoms with Crippen molar-refractivity contribution in [2.75, 3.05) is 11.9 Å². The second kappa shape index (κ2) is 4.27. The second-order valence-corrected chi connectivity index (χ2v) is 3.33. The van der Waals surface area contributed by atoms with Gasteiger partial charge in [-0.3, -0.25) is 0 Å². The third-order valence-electron chi connectivity index (χ3n) is 1.88. The van der Waals surface area contributed by atoms with E-state index in [1.54, 1.807) is 10.6 Å². The van der Waals surface area contributed by atoms with E-state index in [1.807, 2.05) is 6.08 Å². The Hall–Kier alpha value is -1.62. The summed E-state index contributed by atoms with van der Waals surface area (Å²) in [4.78, 5) is 7.98. The zero-order valence-electron chi connectivity index (χ0n) is 8.02. The zero-order valence-corrected chi connectivity index (χ0v) is 8.78. The average molecular weight is 224 g/mol. The van der Waals surface area contributed by atoms with Gasteiger partial charge in [0.25, 0.3) is 5.78 Å². The van der Waals surface area contributed by atoms with Crippen molar-refractivity contribution in [3.63, 3.8) is 0 Å². The van der Waals surface area contributed by atoms with E-state index in [2.05, 4.69) is 27.0 Å². The number of halogens is 1. The molecule has 0 amide bonds. The molecule has 0 saturated carbocycles. The van der Waals surface area contributed by atoms with Gasteiger partial charge < -0.3 is 5.32 Å². The molecule has 2 aromatic heterocycles. The first-order chi connectivity index (χ1) is 7.31. The van der Waals surface area contributed by atoms with Crippen molar-refractivity contribution in [2.24, 2.45) is 0 Å². The third kappa shape index (κ3) is 2.07. The van der Waals surface area contributed by atoms with Crippen LogP contribution < -0.4 is 5.32 Å². The Morgan fingerprint density at radius 1 is 1.60 bits per heavy atom. The summed E-state index contributed by atoms with van der Waals surface area (Å²) in [5, 5.41) is 7.61. The van der Waals surface area contributed by atoms with Crippen LogP contribution in [0.4, 0.5) is 5.82 Å². The maximum Gasteiger partial charge on any atom is 0.255 e. The Kier molecular flexibility index (Phi) is 2.82. The quantitative estimate of drug-likeness (QED) is 0.488. The van der Waals surface area contributed by atoms with Crippen LogP contribution in [0.3, 0.4) is 0 Å². The minimum absolute atomic E-state index is 0.400. The molecule has 78 valence electrons. The smallest absolute Gasteiger partial charge is 0.255 e. The Labute approximate surface area is 91.8 Å². The minimum Gasteiger partial charge on any atom is -0.370 e. The number of hydrogen-bond acceptors (Lipinski definition) is 4. The topological polar surface area (TPSA) is 55.1 Å². The number of anilines is 1. The third-order valence-corrected chi connectivity index (χ3v) is 2.07. The first kappa shape index (κ1) is 9.92. The van der Waals surface area contributed by atoms with Crippen molar-refractivity contribution < 1.29 is 0 Å². The van der Waals surface area contributed by atoms with Gasteiger partial charge in [0.2, 0.25) is 0 Å². The predicted molar refractivity (Wildman–Crippen MR) is 59.1 cm³/mol.